The number of amides is 1. The molecule has 3 aromatic carbocycles. The highest BCUT2D eigenvalue weighted by Crippen LogP contribution is 2.18. The highest BCUT2D eigenvalue weighted by molar-refractivity contribution is 8.93. The number of aromatic nitrogens is 2. The van der Waals surface area contributed by atoms with Gasteiger partial charge in [-0.25, -0.2) is 9.98 Å². The summed E-state index contributed by atoms with van der Waals surface area (Å²) in [7, 11) is 3.99. The van der Waals surface area contributed by atoms with Gasteiger partial charge in [-0.2, -0.15) is 0 Å². The predicted octanol–water partition coefficient (Wildman–Crippen LogP) is 6.39. The van der Waals surface area contributed by atoms with E-state index in [2.05, 4.69) is 27.0 Å². The normalized spacial score (nSPS) is 10.8. The van der Waals surface area contributed by atoms with E-state index in [0.29, 0.717) is 11.3 Å². The molecule has 37 heavy (non-hydrogen) atoms. The van der Waals surface area contributed by atoms with Gasteiger partial charge in [-0.1, -0.05) is 18.2 Å². The van der Waals surface area contributed by atoms with Crippen LogP contribution < -0.4 is 16.0 Å². The summed E-state index contributed by atoms with van der Waals surface area (Å²) in [5.74, 6) is -0.172. The van der Waals surface area contributed by atoms with E-state index >= 15 is 0 Å². The van der Waals surface area contributed by atoms with Crippen LogP contribution in [-0.2, 0) is 14.1 Å². The van der Waals surface area contributed by atoms with E-state index in [1.54, 1.807) is 12.1 Å². The molecule has 1 amide bonds. The fourth-order valence-corrected chi connectivity index (χ4v) is 3.81. The third kappa shape index (κ3) is 6.72. The molecule has 0 radical (unpaired) electrons. The lowest BCUT2D eigenvalue weighted by Gasteiger charge is -2.07. The maximum absolute atomic E-state index is 12.7. The first kappa shape index (κ1) is 27.8. The summed E-state index contributed by atoms with van der Waals surface area (Å²) in [4.78, 5) is 22.1. The zero-order valence-corrected chi connectivity index (χ0v) is 23.8. The summed E-state index contributed by atoms with van der Waals surface area (Å²) < 4.78 is 4.03. The number of aryl methyl sites for hydroxylation is 2. The number of hydrogen-bond acceptors (Lipinski definition) is 3. The Morgan fingerprint density at radius 1 is 0.703 bits per heavy atom. The Morgan fingerprint density at radius 2 is 1.32 bits per heavy atom. The average Bonchev–Trinajstić information content (AvgIpc) is 2.89. The number of nitrogens with one attached hydrogen (secondary N) is 1. The molecule has 6 nitrogen and oxygen atoms in total. The van der Waals surface area contributed by atoms with Crippen molar-refractivity contribution in [3.8, 4) is 0 Å². The van der Waals surface area contributed by atoms with Crippen molar-refractivity contribution in [2.45, 2.75) is 0 Å². The van der Waals surface area contributed by atoms with Gasteiger partial charge in [0.15, 0.2) is 0 Å². The van der Waals surface area contributed by atoms with Crippen LogP contribution in [0.4, 0.5) is 17.1 Å². The summed E-state index contributed by atoms with van der Waals surface area (Å²) >= 11 is 0. The minimum absolute atomic E-state index is 0. The van der Waals surface area contributed by atoms with E-state index in [0.717, 1.165) is 33.0 Å². The molecule has 0 atom stereocenters. The van der Waals surface area contributed by atoms with Gasteiger partial charge in [0.05, 0.1) is 22.1 Å². The topological polar surface area (TPSA) is 63.7 Å². The molecule has 188 valence electrons. The number of halogens is 2. The van der Waals surface area contributed by atoms with Crippen LogP contribution in [0.25, 0.3) is 10.9 Å². The smallest absolute Gasteiger partial charge is 0.255 e. The molecule has 5 rings (SSSR count). The Balaban J connectivity index is 0.00000190. The van der Waals surface area contributed by atoms with Gasteiger partial charge in [-0.3, -0.25) is 4.79 Å². The van der Waals surface area contributed by atoms with Gasteiger partial charge in [0.25, 0.3) is 5.91 Å². The van der Waals surface area contributed by atoms with Crippen LogP contribution in [0.3, 0.4) is 0 Å². The van der Waals surface area contributed by atoms with Gasteiger partial charge in [-0.15, -0.1) is 34.0 Å². The number of benzene rings is 3. The van der Waals surface area contributed by atoms with Crippen molar-refractivity contribution in [2.75, 3.05) is 5.32 Å². The first-order chi connectivity index (χ1) is 17.0. The molecule has 2 heterocycles. The maximum Gasteiger partial charge on any atom is 0.255 e. The van der Waals surface area contributed by atoms with Crippen molar-refractivity contribution >= 4 is 67.8 Å². The Labute approximate surface area is 236 Å². The van der Waals surface area contributed by atoms with Crippen LogP contribution in [0.1, 0.15) is 10.4 Å². The highest BCUT2D eigenvalue weighted by atomic mass is 79.9. The number of carbonyl (C=O) groups is 1. The number of carbonyl (C=O) groups excluding carboxylic acids is 1. The molecular weight excluding hydrogens is 594 g/mol. The summed E-state index contributed by atoms with van der Waals surface area (Å²) in [6.45, 7) is 0. The van der Waals surface area contributed by atoms with Gasteiger partial charge in [0.1, 0.15) is 0 Å². The first-order valence-corrected chi connectivity index (χ1v) is 11.3. The van der Waals surface area contributed by atoms with Crippen LogP contribution in [-0.4, -0.2) is 15.0 Å². The molecule has 0 unspecified atom stereocenters. The van der Waals surface area contributed by atoms with Crippen molar-refractivity contribution in [3.63, 3.8) is 0 Å². The molecule has 0 aliphatic carbocycles. The number of rotatable bonds is 4. The zero-order valence-electron chi connectivity index (χ0n) is 20.4. The molecule has 0 spiro atoms. The second kappa shape index (κ2) is 12.5. The summed E-state index contributed by atoms with van der Waals surface area (Å²) in [6.07, 6.45) is 5.91. The SMILES string of the molecule is Br.Br.Cn1ccc(=Nc2ccc(NC(=O)c3ccc(N=c4ccn(C)c5ccccc45)cc3)cc2)cc1. The Kier molecular flexibility index (Phi) is 9.38. The summed E-state index contributed by atoms with van der Waals surface area (Å²) in [5, 5.41) is 5.79. The van der Waals surface area contributed by atoms with Gasteiger partial charge in [-0.05, 0) is 72.8 Å². The van der Waals surface area contributed by atoms with Crippen LogP contribution in [0, 0.1) is 0 Å². The zero-order chi connectivity index (χ0) is 24.2. The van der Waals surface area contributed by atoms with Crippen molar-refractivity contribution in [1.29, 1.82) is 0 Å². The second-order valence-electron chi connectivity index (χ2n) is 8.32. The fourth-order valence-electron chi connectivity index (χ4n) is 3.81. The highest BCUT2D eigenvalue weighted by Gasteiger charge is 2.06. The number of anilines is 1. The average molecular weight is 621 g/mol. The molecule has 0 aliphatic heterocycles. The molecule has 5 aromatic rings. The Hall–Kier alpha value is -3.75. The van der Waals surface area contributed by atoms with Gasteiger partial charge < -0.3 is 14.5 Å². The number of pyridine rings is 2. The summed E-state index contributed by atoms with van der Waals surface area (Å²) in [5.41, 5.74) is 4.01. The van der Waals surface area contributed by atoms with E-state index in [4.69, 9.17) is 4.99 Å². The summed E-state index contributed by atoms with van der Waals surface area (Å²) in [6, 6.07) is 28.8. The number of fused-ring (bicyclic) bond motifs is 1. The molecule has 8 heteroatoms. The van der Waals surface area contributed by atoms with Crippen molar-refractivity contribution < 1.29 is 4.79 Å². The molecule has 0 bridgehead atoms. The van der Waals surface area contributed by atoms with Crippen molar-refractivity contribution in [2.24, 2.45) is 24.1 Å². The minimum atomic E-state index is -0.172. The predicted molar refractivity (Wildman–Crippen MR) is 160 cm³/mol. The van der Waals surface area contributed by atoms with E-state index in [-0.39, 0.29) is 39.9 Å². The van der Waals surface area contributed by atoms with Crippen molar-refractivity contribution in [3.05, 3.63) is 126 Å². The third-order valence-corrected chi connectivity index (χ3v) is 5.74. The molecule has 0 fully saturated rings. The Morgan fingerprint density at radius 3 is 2.03 bits per heavy atom. The van der Waals surface area contributed by atoms with Crippen LogP contribution in [0.5, 0.6) is 0 Å². The quantitative estimate of drug-likeness (QED) is 0.249. The van der Waals surface area contributed by atoms with E-state index < -0.39 is 0 Å². The monoisotopic (exact) mass is 619 g/mol. The fraction of sp³-hybridized carbons (Fsp3) is 0.0690. The Bertz CT molecular complexity index is 1630. The number of hydrogen-bond donors (Lipinski definition) is 1. The van der Waals surface area contributed by atoms with Gasteiger partial charge >= 0.3 is 0 Å². The molecule has 0 aliphatic rings. The first-order valence-electron chi connectivity index (χ1n) is 11.3. The van der Waals surface area contributed by atoms with E-state index in [1.165, 1.54) is 0 Å². The molecule has 1 N–H and O–H groups in total. The lowest BCUT2D eigenvalue weighted by molar-refractivity contribution is 0.102. The molecule has 2 aromatic heterocycles. The molecular formula is C29H27Br2N5O. The lowest BCUT2D eigenvalue weighted by atomic mass is 10.1. The van der Waals surface area contributed by atoms with Crippen LogP contribution >= 0.6 is 34.0 Å². The van der Waals surface area contributed by atoms with Crippen LogP contribution in [0.2, 0.25) is 0 Å². The lowest BCUT2D eigenvalue weighted by Crippen LogP contribution is -2.11. The van der Waals surface area contributed by atoms with Gasteiger partial charge in [0, 0.05) is 54.8 Å². The van der Waals surface area contributed by atoms with Crippen molar-refractivity contribution in [1.82, 2.24) is 9.13 Å². The molecule has 0 saturated heterocycles. The molecule has 0 saturated carbocycles. The van der Waals surface area contributed by atoms with E-state index in [9.17, 15) is 4.79 Å². The number of para-hydroxylation sites is 1. The third-order valence-electron chi connectivity index (χ3n) is 5.74. The number of nitrogens with zero attached hydrogens (tertiary/aromatic N) is 4. The minimum Gasteiger partial charge on any atom is -0.357 e. The maximum atomic E-state index is 12.7. The second-order valence-corrected chi connectivity index (χ2v) is 8.32. The standard InChI is InChI=1S/C29H25N5O.2BrH/c1-33-18-15-25(16-19-33)30-22-11-13-24(14-12-22)32-29(35)21-7-9-23(10-8-21)31-27-17-20-34(2)28-6-4-3-5-26(27)28;;/h3-20H,1-2H3,(H,32,35);2*1H. The largest absolute Gasteiger partial charge is 0.357 e. The van der Waals surface area contributed by atoms with Gasteiger partial charge in [0.2, 0.25) is 0 Å². The van der Waals surface area contributed by atoms with Crippen LogP contribution in [0.15, 0.2) is 120 Å². The van der Waals surface area contributed by atoms with E-state index in [1.807, 2.05) is 104 Å².